The van der Waals surface area contributed by atoms with Crippen molar-refractivity contribution in [2.75, 3.05) is 19.0 Å². The van der Waals surface area contributed by atoms with Gasteiger partial charge in [-0.05, 0) is 43.4 Å². The second-order valence-electron chi connectivity index (χ2n) is 10.0. The highest BCUT2D eigenvalue weighted by Gasteiger charge is 2.62. The van der Waals surface area contributed by atoms with Crippen LogP contribution < -0.4 is 0 Å². The fourth-order valence-electron chi connectivity index (χ4n) is 4.21. The third-order valence-corrected chi connectivity index (χ3v) is 9.27. The number of ether oxygens (including phenoxy) is 2. The Kier molecular flexibility index (Phi) is 24.7. The highest BCUT2D eigenvalue weighted by atomic mass is 32.2. The van der Waals surface area contributed by atoms with Gasteiger partial charge in [0.1, 0.15) is 6.61 Å². The van der Waals surface area contributed by atoms with Gasteiger partial charge in [0, 0.05) is 5.25 Å². The van der Waals surface area contributed by atoms with E-state index in [-0.39, 0.29) is 18.5 Å². The van der Waals surface area contributed by atoms with Crippen LogP contribution in [0.15, 0.2) is 0 Å². The molecule has 0 bridgehead atoms. The van der Waals surface area contributed by atoms with E-state index in [0.29, 0.717) is 6.42 Å². The quantitative estimate of drug-likeness (QED) is 0.0460. The van der Waals surface area contributed by atoms with E-state index in [1.807, 2.05) is 25.6 Å². The average molecular weight is 566 g/mol. The third kappa shape index (κ3) is 17.9. The smallest absolute Gasteiger partial charge is 0.458 e. The van der Waals surface area contributed by atoms with Gasteiger partial charge in [-0.2, -0.15) is 11.8 Å². The summed E-state index contributed by atoms with van der Waals surface area (Å²) in [7, 11) is -2.79. The number of esters is 1. The molecule has 0 amide bonds. The van der Waals surface area contributed by atoms with Gasteiger partial charge in [-0.3, -0.25) is 4.74 Å². The monoisotopic (exact) mass is 565 g/mol. The molecule has 0 heterocycles. The van der Waals surface area contributed by atoms with Crippen LogP contribution in [0, 0.1) is 0 Å². The van der Waals surface area contributed by atoms with Crippen LogP contribution in [0.3, 0.4) is 0 Å². The lowest BCUT2D eigenvalue weighted by Crippen LogP contribution is -2.44. The van der Waals surface area contributed by atoms with Crippen molar-refractivity contribution in [1.29, 1.82) is 0 Å². The van der Waals surface area contributed by atoms with Gasteiger partial charge in [-0.25, -0.2) is 4.79 Å². The Morgan fingerprint density at radius 2 is 1.32 bits per heavy atom. The standard InChI is InChI=1S/C29H58O6PS/c1-6-10-12-14-16-18-20-22-25-37-27(23-21-19-17-15-13-11-7-2)26(5)35-29(31,28(30)33-9-4)36(32)34-24-8-3/h26-27,31H,6-25H2,1-5H3/q+1. The van der Waals surface area contributed by atoms with Crippen LogP contribution in [-0.2, 0) is 23.4 Å². The van der Waals surface area contributed by atoms with E-state index in [4.69, 9.17) is 14.0 Å². The van der Waals surface area contributed by atoms with Crippen LogP contribution in [-0.4, -0.2) is 46.9 Å². The fourth-order valence-corrected chi connectivity index (χ4v) is 6.54. The van der Waals surface area contributed by atoms with Crippen molar-refractivity contribution in [2.45, 2.75) is 161 Å². The zero-order valence-corrected chi connectivity index (χ0v) is 26.4. The lowest BCUT2D eigenvalue weighted by Gasteiger charge is -2.27. The summed E-state index contributed by atoms with van der Waals surface area (Å²) >= 11 is 1.84. The van der Waals surface area contributed by atoms with Crippen LogP contribution >= 0.6 is 19.8 Å². The minimum Gasteiger partial charge on any atom is -0.458 e. The first-order valence-electron chi connectivity index (χ1n) is 15.2. The molecule has 4 atom stereocenters. The number of hydrogen-bond donors (Lipinski definition) is 1. The van der Waals surface area contributed by atoms with Crippen LogP contribution in [0.25, 0.3) is 0 Å². The zero-order valence-electron chi connectivity index (χ0n) is 24.6. The number of thioether (sulfide) groups is 1. The van der Waals surface area contributed by atoms with Crippen molar-refractivity contribution in [3.63, 3.8) is 0 Å². The van der Waals surface area contributed by atoms with Crippen molar-refractivity contribution < 1.29 is 28.5 Å². The summed E-state index contributed by atoms with van der Waals surface area (Å²) in [4.78, 5) is 12.6. The van der Waals surface area contributed by atoms with Gasteiger partial charge in [0.05, 0.1) is 12.7 Å². The summed E-state index contributed by atoms with van der Waals surface area (Å²) in [5.74, 6) is -0.0260. The van der Waals surface area contributed by atoms with Crippen molar-refractivity contribution in [3.8, 4) is 0 Å². The summed E-state index contributed by atoms with van der Waals surface area (Å²) in [6, 6.07) is 0. The molecule has 0 aliphatic rings. The SMILES string of the molecule is CCCCCCCCCCSC(CCCCCCCCC)C(C)OC(O)(C(=O)OCC)[P+](=O)OCCC. The Bertz CT molecular complexity index is 565. The van der Waals surface area contributed by atoms with Crippen LogP contribution in [0.1, 0.15) is 144 Å². The maximum Gasteiger partial charge on any atom is 0.589 e. The first-order chi connectivity index (χ1) is 17.9. The minimum atomic E-state index is -2.79. The highest BCUT2D eigenvalue weighted by Crippen LogP contribution is 2.42. The van der Waals surface area contributed by atoms with E-state index < -0.39 is 25.6 Å². The molecular weight excluding hydrogens is 507 g/mol. The molecule has 0 aromatic carbocycles. The molecule has 37 heavy (non-hydrogen) atoms. The molecule has 0 aromatic rings. The van der Waals surface area contributed by atoms with E-state index in [1.54, 1.807) is 6.92 Å². The molecule has 220 valence electrons. The topological polar surface area (TPSA) is 82.1 Å². The van der Waals surface area contributed by atoms with E-state index in [2.05, 4.69) is 13.8 Å². The summed E-state index contributed by atoms with van der Waals surface area (Å²) in [6.07, 6.45) is 19.9. The Labute approximate surface area is 233 Å². The largest absolute Gasteiger partial charge is 0.589 e. The van der Waals surface area contributed by atoms with E-state index >= 15 is 0 Å². The van der Waals surface area contributed by atoms with Crippen LogP contribution in [0.2, 0.25) is 0 Å². The van der Waals surface area contributed by atoms with Gasteiger partial charge in [0.15, 0.2) is 0 Å². The van der Waals surface area contributed by atoms with Gasteiger partial charge in [-0.15, -0.1) is 4.52 Å². The lowest BCUT2D eigenvalue weighted by molar-refractivity contribution is -0.208. The van der Waals surface area contributed by atoms with Crippen molar-refractivity contribution in [1.82, 2.24) is 0 Å². The van der Waals surface area contributed by atoms with E-state index in [1.165, 1.54) is 83.5 Å². The van der Waals surface area contributed by atoms with Crippen molar-refractivity contribution in [3.05, 3.63) is 0 Å². The molecule has 0 spiro atoms. The molecular formula is C29H58O6PS+. The predicted octanol–water partition coefficient (Wildman–Crippen LogP) is 9.15. The fraction of sp³-hybridized carbons (Fsp3) is 0.966. The summed E-state index contributed by atoms with van der Waals surface area (Å²) in [6.45, 7) is 10.1. The molecule has 0 saturated carbocycles. The molecule has 0 radical (unpaired) electrons. The Morgan fingerprint density at radius 3 is 1.84 bits per heavy atom. The highest BCUT2D eigenvalue weighted by molar-refractivity contribution is 7.99. The van der Waals surface area contributed by atoms with Crippen LogP contribution in [0.5, 0.6) is 0 Å². The number of unbranched alkanes of at least 4 members (excludes halogenated alkanes) is 13. The molecule has 0 aliphatic carbocycles. The van der Waals surface area contributed by atoms with Gasteiger partial charge < -0.3 is 9.84 Å². The molecule has 0 aromatic heterocycles. The predicted molar refractivity (Wildman–Crippen MR) is 157 cm³/mol. The van der Waals surface area contributed by atoms with Gasteiger partial charge in [-0.1, -0.05) is 111 Å². The number of hydrogen-bond acceptors (Lipinski definition) is 7. The van der Waals surface area contributed by atoms with Gasteiger partial charge >= 0.3 is 19.5 Å². The Balaban J connectivity index is 4.98. The van der Waals surface area contributed by atoms with Crippen LogP contribution in [0.4, 0.5) is 0 Å². The number of aliphatic hydroxyl groups is 1. The first kappa shape index (κ1) is 36.8. The van der Waals surface area contributed by atoms with Gasteiger partial charge in [0.2, 0.25) is 0 Å². The average Bonchev–Trinajstić information content (AvgIpc) is 2.88. The second kappa shape index (κ2) is 24.8. The molecule has 0 fully saturated rings. The molecule has 0 saturated heterocycles. The number of rotatable bonds is 27. The Morgan fingerprint density at radius 1 is 0.811 bits per heavy atom. The van der Waals surface area contributed by atoms with Crippen molar-refractivity contribution >= 4 is 25.8 Å². The molecule has 1 N–H and O–H groups in total. The first-order valence-corrected chi connectivity index (χ1v) is 17.4. The maximum absolute atomic E-state index is 12.8. The summed E-state index contributed by atoms with van der Waals surface area (Å²) in [5, 5.41) is 11.1. The minimum absolute atomic E-state index is 0.0600. The zero-order chi connectivity index (χ0) is 27.8. The van der Waals surface area contributed by atoms with Crippen molar-refractivity contribution in [2.24, 2.45) is 0 Å². The van der Waals surface area contributed by atoms with E-state index in [0.717, 1.165) is 25.0 Å². The summed E-state index contributed by atoms with van der Waals surface area (Å²) in [5.41, 5.74) is -2.59. The number of carbonyl (C=O) groups excluding carboxylic acids is 1. The maximum atomic E-state index is 12.8. The molecule has 0 rings (SSSR count). The van der Waals surface area contributed by atoms with E-state index in [9.17, 15) is 14.5 Å². The molecule has 4 unspecified atom stereocenters. The Hall–Kier alpha value is -0.200. The summed E-state index contributed by atoms with van der Waals surface area (Å²) < 4.78 is 28.9. The number of carbonyl (C=O) groups is 1. The molecule has 8 heteroatoms. The lowest BCUT2D eigenvalue weighted by atomic mass is 10.1. The van der Waals surface area contributed by atoms with Gasteiger partial charge in [0.25, 0.3) is 0 Å². The normalized spacial score (nSPS) is 15.2. The second-order valence-corrected chi connectivity index (χ2v) is 12.8. The molecule has 0 aliphatic heterocycles. The molecule has 6 nitrogen and oxygen atoms in total. The third-order valence-electron chi connectivity index (χ3n) is 6.50.